The number of ether oxygens (including phenoxy) is 1. The van der Waals surface area contributed by atoms with Gasteiger partial charge in [0.25, 0.3) is 0 Å². The molecule has 5 heteroatoms. The Kier molecular flexibility index (Phi) is 4.16. The highest BCUT2D eigenvalue weighted by Gasteiger charge is 2.08. The molecule has 0 spiro atoms. The van der Waals surface area contributed by atoms with Gasteiger partial charge >= 0.3 is 0 Å². The smallest absolute Gasteiger partial charge is 0.136 e. The van der Waals surface area contributed by atoms with Crippen LogP contribution in [0.15, 0.2) is 30.5 Å². The van der Waals surface area contributed by atoms with Crippen molar-refractivity contribution in [2.45, 2.75) is 6.42 Å². The number of hydrogen-bond acceptors (Lipinski definition) is 4. The summed E-state index contributed by atoms with van der Waals surface area (Å²) >= 11 is 4.91. The molecule has 0 bridgehead atoms. The second-order valence-electron chi connectivity index (χ2n) is 4.36. The number of rotatable bonds is 5. The van der Waals surface area contributed by atoms with Gasteiger partial charge < -0.3 is 15.4 Å². The summed E-state index contributed by atoms with van der Waals surface area (Å²) in [6.07, 6.45) is 2.48. The Morgan fingerprint density at radius 3 is 2.89 bits per heavy atom. The average molecular weight is 275 g/mol. The summed E-state index contributed by atoms with van der Waals surface area (Å²) in [7, 11) is 3.65. The van der Waals surface area contributed by atoms with E-state index in [9.17, 15) is 0 Å². The number of benzene rings is 1. The zero-order valence-corrected chi connectivity index (χ0v) is 11.9. The zero-order valence-electron chi connectivity index (χ0n) is 11.1. The Hall–Kier alpha value is -1.88. The standard InChI is InChI=1S/C14H17N3OS/c1-17(8-6-13(15)19)14-12-9-11(18-2)4-3-10(12)5-7-16-14/h3-5,7,9H,6,8H2,1-2H3,(H2,15,19). The molecule has 0 aliphatic rings. The van der Waals surface area contributed by atoms with Gasteiger partial charge in [-0.15, -0.1) is 0 Å². The summed E-state index contributed by atoms with van der Waals surface area (Å²) in [5.74, 6) is 1.73. The quantitative estimate of drug-likeness (QED) is 0.849. The molecule has 100 valence electrons. The molecule has 4 nitrogen and oxygen atoms in total. The zero-order chi connectivity index (χ0) is 13.8. The van der Waals surface area contributed by atoms with E-state index in [4.69, 9.17) is 22.7 Å². The minimum absolute atomic E-state index is 0.518. The predicted octanol–water partition coefficient (Wildman–Crippen LogP) is 2.36. The molecule has 19 heavy (non-hydrogen) atoms. The minimum Gasteiger partial charge on any atom is -0.497 e. The van der Waals surface area contributed by atoms with Crippen molar-refractivity contribution in [3.05, 3.63) is 30.5 Å². The van der Waals surface area contributed by atoms with Crippen LogP contribution in [0.4, 0.5) is 5.82 Å². The van der Waals surface area contributed by atoms with Gasteiger partial charge in [-0.05, 0) is 23.6 Å². The van der Waals surface area contributed by atoms with Crippen molar-refractivity contribution in [1.29, 1.82) is 0 Å². The number of thiocarbonyl (C=S) groups is 1. The van der Waals surface area contributed by atoms with Crippen LogP contribution >= 0.6 is 12.2 Å². The van der Waals surface area contributed by atoms with Crippen LogP contribution in [-0.2, 0) is 0 Å². The monoisotopic (exact) mass is 275 g/mol. The number of methoxy groups -OCH3 is 1. The van der Waals surface area contributed by atoms with E-state index in [2.05, 4.69) is 9.88 Å². The molecule has 0 unspecified atom stereocenters. The average Bonchev–Trinajstić information content (AvgIpc) is 2.43. The van der Waals surface area contributed by atoms with Gasteiger partial charge in [0, 0.05) is 31.6 Å². The second kappa shape index (κ2) is 5.84. The molecule has 0 fully saturated rings. The van der Waals surface area contributed by atoms with Gasteiger partial charge in [-0.25, -0.2) is 4.98 Å². The first-order valence-corrected chi connectivity index (χ1v) is 6.45. The highest BCUT2D eigenvalue weighted by atomic mass is 32.1. The van der Waals surface area contributed by atoms with E-state index >= 15 is 0 Å². The molecule has 0 radical (unpaired) electrons. The minimum atomic E-state index is 0.518. The number of aromatic nitrogens is 1. The predicted molar refractivity (Wildman–Crippen MR) is 83.0 cm³/mol. The van der Waals surface area contributed by atoms with Gasteiger partial charge in [-0.2, -0.15) is 0 Å². The Morgan fingerprint density at radius 1 is 1.42 bits per heavy atom. The molecule has 0 aliphatic heterocycles. The topological polar surface area (TPSA) is 51.4 Å². The van der Waals surface area contributed by atoms with Gasteiger partial charge in [-0.3, -0.25) is 0 Å². The Bertz CT molecular complexity index is 600. The first-order chi connectivity index (χ1) is 9.11. The van der Waals surface area contributed by atoms with Gasteiger partial charge in [0.05, 0.1) is 12.1 Å². The van der Waals surface area contributed by atoms with Crippen molar-refractivity contribution < 1.29 is 4.74 Å². The van der Waals surface area contributed by atoms with Crippen LogP contribution in [0.25, 0.3) is 10.8 Å². The summed E-state index contributed by atoms with van der Waals surface area (Å²) < 4.78 is 5.27. The summed E-state index contributed by atoms with van der Waals surface area (Å²) in [6, 6.07) is 7.95. The summed E-state index contributed by atoms with van der Waals surface area (Å²) in [5, 5.41) is 2.19. The van der Waals surface area contributed by atoms with Crippen molar-refractivity contribution in [2.75, 3.05) is 25.6 Å². The van der Waals surface area contributed by atoms with Gasteiger partial charge in [0.2, 0.25) is 0 Å². The molecule has 0 aliphatic carbocycles. The number of fused-ring (bicyclic) bond motifs is 1. The SMILES string of the molecule is COc1ccc2ccnc(N(C)CCC(N)=S)c2c1. The van der Waals surface area contributed by atoms with E-state index in [0.717, 1.165) is 28.9 Å². The van der Waals surface area contributed by atoms with Crippen LogP contribution in [0.2, 0.25) is 0 Å². The van der Waals surface area contributed by atoms with Crippen LogP contribution in [0, 0.1) is 0 Å². The molecule has 1 aromatic carbocycles. The molecule has 2 aromatic rings. The highest BCUT2D eigenvalue weighted by Crippen LogP contribution is 2.27. The maximum Gasteiger partial charge on any atom is 0.136 e. The Morgan fingerprint density at radius 2 is 2.21 bits per heavy atom. The van der Waals surface area contributed by atoms with Crippen LogP contribution in [0.3, 0.4) is 0 Å². The molecule has 0 saturated heterocycles. The third kappa shape index (κ3) is 3.12. The molecule has 2 rings (SSSR count). The van der Waals surface area contributed by atoms with Crippen molar-refractivity contribution in [1.82, 2.24) is 4.98 Å². The van der Waals surface area contributed by atoms with Crippen molar-refractivity contribution in [3.63, 3.8) is 0 Å². The first-order valence-electron chi connectivity index (χ1n) is 6.04. The van der Waals surface area contributed by atoms with Crippen molar-refractivity contribution >= 4 is 33.8 Å². The molecular weight excluding hydrogens is 258 g/mol. The molecular formula is C14H17N3OS. The summed E-state index contributed by atoms with van der Waals surface area (Å²) in [6.45, 7) is 0.749. The molecule has 1 aromatic heterocycles. The van der Waals surface area contributed by atoms with E-state index in [1.807, 2.05) is 31.3 Å². The normalized spacial score (nSPS) is 10.4. The van der Waals surface area contributed by atoms with Gasteiger partial charge in [-0.1, -0.05) is 18.3 Å². The molecule has 1 heterocycles. The summed E-state index contributed by atoms with van der Waals surface area (Å²) in [5.41, 5.74) is 5.54. The molecule has 2 N–H and O–H groups in total. The molecule has 0 amide bonds. The molecule has 0 atom stereocenters. The van der Waals surface area contributed by atoms with E-state index in [-0.39, 0.29) is 0 Å². The fourth-order valence-electron chi connectivity index (χ4n) is 1.95. The Balaban J connectivity index is 2.38. The lowest BCUT2D eigenvalue weighted by Gasteiger charge is -2.19. The van der Waals surface area contributed by atoms with Gasteiger partial charge in [0.15, 0.2) is 0 Å². The lowest BCUT2D eigenvalue weighted by atomic mass is 10.1. The number of pyridine rings is 1. The van der Waals surface area contributed by atoms with E-state index in [0.29, 0.717) is 11.4 Å². The second-order valence-corrected chi connectivity index (χ2v) is 4.88. The van der Waals surface area contributed by atoms with E-state index in [1.54, 1.807) is 13.3 Å². The Labute approximate surface area is 118 Å². The lowest BCUT2D eigenvalue weighted by Crippen LogP contribution is -2.24. The number of nitrogens with two attached hydrogens (primary N) is 1. The summed E-state index contributed by atoms with van der Waals surface area (Å²) in [4.78, 5) is 7.02. The van der Waals surface area contributed by atoms with E-state index < -0.39 is 0 Å². The van der Waals surface area contributed by atoms with E-state index in [1.165, 1.54) is 0 Å². The fraction of sp³-hybridized carbons (Fsp3) is 0.286. The largest absolute Gasteiger partial charge is 0.497 e. The van der Waals surface area contributed by atoms with Crippen LogP contribution in [0.5, 0.6) is 5.75 Å². The van der Waals surface area contributed by atoms with Crippen LogP contribution in [0.1, 0.15) is 6.42 Å². The first kappa shape index (κ1) is 13.5. The van der Waals surface area contributed by atoms with Gasteiger partial charge in [0.1, 0.15) is 11.6 Å². The molecule has 0 saturated carbocycles. The lowest BCUT2D eigenvalue weighted by molar-refractivity contribution is 0.415. The number of nitrogens with zero attached hydrogens (tertiary/aromatic N) is 2. The van der Waals surface area contributed by atoms with Crippen LogP contribution in [-0.4, -0.2) is 30.7 Å². The van der Waals surface area contributed by atoms with Crippen molar-refractivity contribution in [2.24, 2.45) is 5.73 Å². The third-order valence-electron chi connectivity index (χ3n) is 3.01. The van der Waals surface area contributed by atoms with Crippen LogP contribution < -0.4 is 15.4 Å². The fourth-order valence-corrected chi connectivity index (χ4v) is 2.04. The number of anilines is 1. The van der Waals surface area contributed by atoms with Crippen molar-refractivity contribution in [3.8, 4) is 5.75 Å². The third-order valence-corrected chi connectivity index (χ3v) is 3.21. The highest BCUT2D eigenvalue weighted by molar-refractivity contribution is 7.80. The number of hydrogen-bond donors (Lipinski definition) is 1. The maximum absolute atomic E-state index is 5.54. The maximum atomic E-state index is 5.54.